The van der Waals surface area contributed by atoms with Crippen LogP contribution in [0.4, 0.5) is 5.69 Å². The molecule has 0 saturated heterocycles. The lowest BCUT2D eigenvalue weighted by Gasteiger charge is -2.14. The molecule has 1 N–H and O–H groups in total. The summed E-state index contributed by atoms with van der Waals surface area (Å²) >= 11 is 0. The molecular formula is C16H14N4O2. The number of rotatable bonds is 2. The third kappa shape index (κ3) is 1.70. The highest BCUT2D eigenvalue weighted by Crippen LogP contribution is 2.25. The van der Waals surface area contributed by atoms with E-state index in [4.69, 9.17) is 0 Å². The van der Waals surface area contributed by atoms with Crippen molar-refractivity contribution in [1.82, 2.24) is 14.6 Å². The lowest BCUT2D eigenvalue weighted by atomic mass is 10.2. The highest BCUT2D eigenvalue weighted by molar-refractivity contribution is 6.08. The minimum absolute atomic E-state index is 0.181. The number of hydrogen-bond acceptors (Lipinski definition) is 3. The summed E-state index contributed by atoms with van der Waals surface area (Å²) in [6.45, 7) is 2.24. The Balaban J connectivity index is 1.88. The van der Waals surface area contributed by atoms with E-state index in [9.17, 15) is 9.59 Å². The zero-order chi connectivity index (χ0) is 15.3. The fraction of sp³-hybridized carbons (Fsp3) is 0.188. The van der Waals surface area contributed by atoms with Gasteiger partial charge in [-0.15, -0.1) is 0 Å². The van der Waals surface area contributed by atoms with E-state index in [1.165, 1.54) is 4.52 Å². The highest BCUT2D eigenvalue weighted by atomic mass is 16.2. The summed E-state index contributed by atoms with van der Waals surface area (Å²) in [4.78, 5) is 29.8. The topological polar surface area (TPSA) is 70.5 Å². The van der Waals surface area contributed by atoms with E-state index in [2.05, 4.69) is 10.1 Å². The van der Waals surface area contributed by atoms with E-state index in [1.807, 2.05) is 37.3 Å². The standard InChI is InChI=1S/C16H14N4O2/c1-2-10-8-13-17-14-12(15(21)20(13)18-10)9-19(16(14)22)11-6-4-3-5-7-11/h3-8,17H,2,9H2,1H3. The van der Waals surface area contributed by atoms with Gasteiger partial charge in [-0.1, -0.05) is 25.1 Å². The predicted molar refractivity (Wildman–Crippen MR) is 82.1 cm³/mol. The van der Waals surface area contributed by atoms with Gasteiger partial charge in [-0.3, -0.25) is 9.59 Å². The molecule has 0 spiro atoms. The molecule has 0 saturated carbocycles. The summed E-state index contributed by atoms with van der Waals surface area (Å²) < 4.78 is 1.35. The maximum absolute atomic E-state index is 12.6. The number of amides is 1. The molecule has 0 aliphatic carbocycles. The normalized spacial score (nSPS) is 13.9. The molecule has 6 heteroatoms. The monoisotopic (exact) mass is 294 g/mol. The zero-order valence-electron chi connectivity index (χ0n) is 12.0. The molecule has 110 valence electrons. The highest BCUT2D eigenvalue weighted by Gasteiger charge is 2.32. The molecule has 0 unspecified atom stereocenters. The number of fused-ring (bicyclic) bond motifs is 2. The number of carbonyl (C=O) groups is 1. The van der Waals surface area contributed by atoms with Gasteiger partial charge < -0.3 is 9.88 Å². The average Bonchev–Trinajstić information content (AvgIpc) is 3.11. The number of para-hydroxylation sites is 1. The lowest BCUT2D eigenvalue weighted by molar-refractivity contribution is 0.0992. The zero-order valence-corrected chi connectivity index (χ0v) is 12.0. The number of aromatic amines is 1. The third-order valence-corrected chi connectivity index (χ3v) is 3.97. The Morgan fingerprint density at radius 2 is 2.00 bits per heavy atom. The average molecular weight is 294 g/mol. The van der Waals surface area contributed by atoms with Crippen LogP contribution in [-0.2, 0) is 13.0 Å². The molecule has 2 aromatic heterocycles. The van der Waals surface area contributed by atoms with Crippen LogP contribution >= 0.6 is 0 Å². The van der Waals surface area contributed by atoms with Crippen molar-refractivity contribution < 1.29 is 4.79 Å². The quantitative estimate of drug-likeness (QED) is 0.782. The Bertz CT molecular complexity index is 940. The van der Waals surface area contributed by atoms with Crippen molar-refractivity contribution in [1.29, 1.82) is 0 Å². The number of benzene rings is 1. The van der Waals surface area contributed by atoms with Crippen molar-refractivity contribution in [2.24, 2.45) is 0 Å². The van der Waals surface area contributed by atoms with Gasteiger partial charge in [0.05, 0.1) is 17.8 Å². The Morgan fingerprint density at radius 1 is 1.23 bits per heavy atom. The minimum atomic E-state index is -0.227. The van der Waals surface area contributed by atoms with E-state index in [0.717, 1.165) is 17.8 Å². The molecule has 0 atom stereocenters. The Morgan fingerprint density at radius 3 is 2.73 bits per heavy atom. The molecular weight excluding hydrogens is 280 g/mol. The van der Waals surface area contributed by atoms with Crippen LogP contribution in [-0.4, -0.2) is 20.5 Å². The minimum Gasteiger partial charge on any atom is -0.335 e. The molecule has 3 aromatic rings. The van der Waals surface area contributed by atoms with Crippen LogP contribution in [0.5, 0.6) is 0 Å². The van der Waals surface area contributed by atoms with E-state index < -0.39 is 0 Å². The molecule has 1 amide bonds. The number of hydrogen-bond donors (Lipinski definition) is 1. The second-order valence-corrected chi connectivity index (χ2v) is 5.30. The molecule has 0 radical (unpaired) electrons. The summed E-state index contributed by atoms with van der Waals surface area (Å²) in [5.74, 6) is -0.181. The number of nitrogens with one attached hydrogen (secondary N) is 1. The number of H-pyrrole nitrogens is 1. The summed E-state index contributed by atoms with van der Waals surface area (Å²) in [6, 6.07) is 11.1. The molecule has 1 aromatic carbocycles. The van der Waals surface area contributed by atoms with Gasteiger partial charge in [-0.25, -0.2) is 0 Å². The van der Waals surface area contributed by atoms with Crippen LogP contribution in [0.2, 0.25) is 0 Å². The number of aromatic nitrogens is 3. The Hall–Kier alpha value is -2.89. The van der Waals surface area contributed by atoms with Gasteiger partial charge in [0, 0.05) is 11.8 Å². The SMILES string of the molecule is CCc1cc2[nH]c3c(c(=O)n2n1)CN(c1ccccc1)C3=O. The van der Waals surface area contributed by atoms with Crippen molar-refractivity contribution >= 4 is 17.2 Å². The summed E-state index contributed by atoms with van der Waals surface area (Å²) in [5, 5.41) is 4.27. The third-order valence-electron chi connectivity index (χ3n) is 3.97. The van der Waals surface area contributed by atoms with Crippen molar-refractivity contribution in [3.63, 3.8) is 0 Å². The molecule has 6 nitrogen and oxygen atoms in total. The summed E-state index contributed by atoms with van der Waals surface area (Å²) in [7, 11) is 0. The second kappa shape index (κ2) is 4.56. The van der Waals surface area contributed by atoms with E-state index in [1.54, 1.807) is 11.0 Å². The fourth-order valence-electron chi connectivity index (χ4n) is 2.80. The number of carbonyl (C=O) groups excluding carboxylic acids is 1. The molecule has 22 heavy (non-hydrogen) atoms. The van der Waals surface area contributed by atoms with Crippen molar-refractivity contribution in [3.8, 4) is 0 Å². The number of nitrogens with zero attached hydrogens (tertiary/aromatic N) is 3. The van der Waals surface area contributed by atoms with Gasteiger partial charge in [-0.05, 0) is 18.6 Å². The number of aryl methyl sites for hydroxylation is 1. The van der Waals surface area contributed by atoms with E-state index in [-0.39, 0.29) is 18.0 Å². The molecule has 1 aliphatic rings. The van der Waals surface area contributed by atoms with Crippen LogP contribution in [0.25, 0.3) is 5.65 Å². The fourth-order valence-corrected chi connectivity index (χ4v) is 2.80. The van der Waals surface area contributed by atoms with Gasteiger partial charge in [0.25, 0.3) is 11.5 Å². The largest absolute Gasteiger partial charge is 0.335 e. The first-order chi connectivity index (χ1) is 10.7. The maximum atomic E-state index is 12.6. The molecule has 1 aliphatic heterocycles. The number of anilines is 1. The van der Waals surface area contributed by atoms with Gasteiger partial charge >= 0.3 is 0 Å². The van der Waals surface area contributed by atoms with Crippen molar-refractivity contribution in [3.05, 3.63) is 63.7 Å². The maximum Gasteiger partial charge on any atom is 0.280 e. The first-order valence-electron chi connectivity index (χ1n) is 7.19. The molecule has 0 bridgehead atoms. The van der Waals surface area contributed by atoms with Crippen LogP contribution in [0.3, 0.4) is 0 Å². The van der Waals surface area contributed by atoms with Gasteiger partial charge in [0.2, 0.25) is 0 Å². The molecule has 0 fully saturated rings. The van der Waals surface area contributed by atoms with Crippen LogP contribution in [0.1, 0.15) is 28.7 Å². The molecule has 3 heterocycles. The lowest BCUT2D eigenvalue weighted by Crippen LogP contribution is -2.23. The van der Waals surface area contributed by atoms with Gasteiger partial charge in [-0.2, -0.15) is 9.61 Å². The van der Waals surface area contributed by atoms with Crippen LogP contribution < -0.4 is 10.5 Å². The predicted octanol–water partition coefficient (Wildman–Crippen LogP) is 1.75. The second-order valence-electron chi connectivity index (χ2n) is 5.30. The Labute approximate surface area is 126 Å². The van der Waals surface area contributed by atoms with Crippen LogP contribution in [0.15, 0.2) is 41.2 Å². The smallest absolute Gasteiger partial charge is 0.280 e. The van der Waals surface area contributed by atoms with Gasteiger partial charge in [0.1, 0.15) is 11.3 Å². The first kappa shape index (κ1) is 12.8. The first-order valence-corrected chi connectivity index (χ1v) is 7.19. The molecule has 4 rings (SSSR count). The van der Waals surface area contributed by atoms with Crippen molar-refractivity contribution in [2.45, 2.75) is 19.9 Å². The van der Waals surface area contributed by atoms with Crippen LogP contribution in [0, 0.1) is 0 Å². The van der Waals surface area contributed by atoms with Gasteiger partial charge in [0.15, 0.2) is 0 Å². The van der Waals surface area contributed by atoms with E-state index >= 15 is 0 Å². The van der Waals surface area contributed by atoms with Crippen molar-refractivity contribution in [2.75, 3.05) is 4.90 Å². The summed E-state index contributed by atoms with van der Waals surface area (Å²) in [5.41, 5.74) is 2.77. The Kier molecular flexibility index (Phi) is 2.66. The summed E-state index contributed by atoms with van der Waals surface area (Å²) in [6.07, 6.45) is 0.740. The van der Waals surface area contributed by atoms with E-state index in [0.29, 0.717) is 16.9 Å².